The molecule has 1 aliphatic rings. The number of hydrogen-bond acceptors (Lipinski definition) is 6. The van der Waals surface area contributed by atoms with Crippen molar-refractivity contribution in [1.82, 2.24) is 19.7 Å². The van der Waals surface area contributed by atoms with Gasteiger partial charge in [-0.1, -0.05) is 30.3 Å². The van der Waals surface area contributed by atoms with Gasteiger partial charge >= 0.3 is 5.97 Å². The fourth-order valence-corrected chi connectivity index (χ4v) is 4.72. The number of ether oxygens (including phenoxy) is 1. The minimum atomic E-state index is -0.434. The summed E-state index contributed by atoms with van der Waals surface area (Å²) < 4.78 is 7.20. The van der Waals surface area contributed by atoms with Crippen LogP contribution in [-0.4, -0.2) is 50.9 Å². The van der Waals surface area contributed by atoms with E-state index in [1.165, 1.54) is 17.3 Å². The molecule has 0 N–H and O–H groups in total. The molecule has 0 spiro atoms. The van der Waals surface area contributed by atoms with Crippen molar-refractivity contribution in [3.8, 4) is 0 Å². The number of thioether (sulfide) groups is 1. The normalized spacial score (nSPS) is 13.0. The van der Waals surface area contributed by atoms with Crippen LogP contribution in [0, 0.1) is 0 Å². The summed E-state index contributed by atoms with van der Waals surface area (Å²) in [6, 6.07) is 13.9. The highest BCUT2D eigenvalue weighted by molar-refractivity contribution is 7.98. The van der Waals surface area contributed by atoms with Gasteiger partial charge in [-0.05, 0) is 43.7 Å². The van der Waals surface area contributed by atoms with Crippen LogP contribution in [-0.2, 0) is 30.7 Å². The van der Waals surface area contributed by atoms with Crippen LogP contribution in [0.25, 0.3) is 0 Å². The Hall–Kier alpha value is -3.13. The highest BCUT2D eigenvalue weighted by atomic mass is 32.2. The first kappa shape index (κ1) is 23.0. The Labute approximate surface area is 198 Å². The third kappa shape index (κ3) is 5.11. The van der Waals surface area contributed by atoms with Crippen LogP contribution in [0.15, 0.2) is 53.7 Å². The lowest BCUT2D eigenvalue weighted by molar-refractivity contribution is 0.0513. The first-order valence-electron chi connectivity index (χ1n) is 11.2. The van der Waals surface area contributed by atoms with E-state index in [0.29, 0.717) is 42.3 Å². The van der Waals surface area contributed by atoms with Gasteiger partial charge in [0, 0.05) is 37.0 Å². The smallest absolute Gasteiger partial charge is 0.359 e. The standard InChI is InChI=1S/C25H28N4O3S/c1-3-32-25(31)22-20-17-28(24(30)19-12-7-14-26-23(19)33-2)16-13-21(20)29(27-22)15-8-11-18-9-5-4-6-10-18/h4-7,9-10,12,14H,3,8,11,13,15-17H2,1-2H3. The topological polar surface area (TPSA) is 77.3 Å². The number of fused-ring (bicyclic) bond motifs is 1. The van der Waals surface area contributed by atoms with Crippen molar-refractivity contribution >= 4 is 23.6 Å². The molecule has 3 aromatic rings. The zero-order valence-electron chi connectivity index (χ0n) is 19.0. The van der Waals surface area contributed by atoms with Crippen molar-refractivity contribution < 1.29 is 14.3 Å². The predicted octanol–water partition coefficient (Wildman–Crippen LogP) is 4.01. The second-order valence-electron chi connectivity index (χ2n) is 7.84. The molecule has 1 amide bonds. The summed E-state index contributed by atoms with van der Waals surface area (Å²) in [5.41, 5.74) is 4.00. The molecule has 172 valence electrons. The Morgan fingerprint density at radius 1 is 1.15 bits per heavy atom. The zero-order chi connectivity index (χ0) is 23.2. The second-order valence-corrected chi connectivity index (χ2v) is 8.64. The SMILES string of the molecule is CCOC(=O)c1nn(CCCc2ccccc2)c2c1CN(C(=O)c1cccnc1SC)CC2. The van der Waals surface area contributed by atoms with Crippen molar-refractivity contribution in [1.29, 1.82) is 0 Å². The summed E-state index contributed by atoms with van der Waals surface area (Å²) in [4.78, 5) is 32.0. The summed E-state index contributed by atoms with van der Waals surface area (Å²) in [5, 5.41) is 5.33. The van der Waals surface area contributed by atoms with Gasteiger partial charge in [-0.2, -0.15) is 5.10 Å². The number of carbonyl (C=O) groups excluding carboxylic acids is 2. The van der Waals surface area contributed by atoms with Gasteiger partial charge in [0.05, 0.1) is 18.7 Å². The van der Waals surface area contributed by atoms with E-state index in [1.54, 1.807) is 30.2 Å². The van der Waals surface area contributed by atoms with E-state index >= 15 is 0 Å². The van der Waals surface area contributed by atoms with Gasteiger partial charge in [-0.3, -0.25) is 9.48 Å². The molecule has 0 radical (unpaired) electrons. The molecular weight excluding hydrogens is 436 g/mol. The van der Waals surface area contributed by atoms with Crippen LogP contribution >= 0.6 is 11.8 Å². The Balaban J connectivity index is 1.56. The largest absolute Gasteiger partial charge is 0.461 e. The van der Waals surface area contributed by atoms with Crippen molar-refractivity contribution in [3.05, 3.63) is 76.7 Å². The van der Waals surface area contributed by atoms with E-state index in [-0.39, 0.29) is 12.5 Å². The summed E-state index contributed by atoms with van der Waals surface area (Å²) in [7, 11) is 0. The molecule has 0 atom stereocenters. The van der Waals surface area contributed by atoms with Crippen molar-refractivity contribution in [3.63, 3.8) is 0 Å². The molecule has 0 aliphatic carbocycles. The number of hydrogen-bond donors (Lipinski definition) is 0. The number of rotatable bonds is 8. The molecule has 0 fully saturated rings. The molecule has 33 heavy (non-hydrogen) atoms. The van der Waals surface area contributed by atoms with Crippen LogP contribution in [0.3, 0.4) is 0 Å². The number of carbonyl (C=O) groups is 2. The lowest BCUT2D eigenvalue weighted by Crippen LogP contribution is -2.37. The van der Waals surface area contributed by atoms with E-state index in [1.807, 2.05) is 29.1 Å². The van der Waals surface area contributed by atoms with Crippen molar-refractivity contribution in [2.75, 3.05) is 19.4 Å². The molecule has 0 unspecified atom stereocenters. The number of aryl methyl sites for hydroxylation is 2. The van der Waals surface area contributed by atoms with Crippen LogP contribution in [0.1, 0.15) is 51.0 Å². The average Bonchev–Trinajstić information content (AvgIpc) is 3.22. The number of amides is 1. The van der Waals surface area contributed by atoms with Crippen LogP contribution in [0.5, 0.6) is 0 Å². The number of esters is 1. The Kier molecular flexibility index (Phi) is 7.44. The Morgan fingerprint density at radius 2 is 1.97 bits per heavy atom. The average molecular weight is 465 g/mol. The van der Waals surface area contributed by atoms with Crippen molar-refractivity contribution in [2.24, 2.45) is 0 Å². The minimum Gasteiger partial charge on any atom is -0.461 e. The van der Waals surface area contributed by atoms with Gasteiger partial charge in [-0.15, -0.1) is 11.8 Å². The maximum absolute atomic E-state index is 13.3. The quantitative estimate of drug-likeness (QED) is 0.370. The van der Waals surface area contributed by atoms with Crippen LogP contribution in [0.2, 0.25) is 0 Å². The zero-order valence-corrected chi connectivity index (χ0v) is 19.8. The van der Waals surface area contributed by atoms with Gasteiger partial charge in [0.1, 0.15) is 5.03 Å². The molecule has 0 saturated carbocycles. The van der Waals surface area contributed by atoms with E-state index in [0.717, 1.165) is 24.1 Å². The first-order valence-corrected chi connectivity index (χ1v) is 12.4. The molecule has 1 aliphatic heterocycles. The highest BCUT2D eigenvalue weighted by Gasteiger charge is 2.31. The Morgan fingerprint density at radius 3 is 2.73 bits per heavy atom. The van der Waals surface area contributed by atoms with E-state index in [4.69, 9.17) is 4.74 Å². The number of aromatic nitrogens is 3. The summed E-state index contributed by atoms with van der Waals surface area (Å²) in [6.45, 7) is 3.68. The molecule has 3 heterocycles. The summed E-state index contributed by atoms with van der Waals surface area (Å²) in [6.07, 6.45) is 6.10. The predicted molar refractivity (Wildman–Crippen MR) is 127 cm³/mol. The summed E-state index contributed by atoms with van der Waals surface area (Å²) in [5.74, 6) is -0.513. The number of nitrogens with zero attached hydrogens (tertiary/aromatic N) is 4. The molecule has 0 saturated heterocycles. The lowest BCUT2D eigenvalue weighted by atomic mass is 10.0. The number of pyridine rings is 1. The molecule has 8 heteroatoms. The minimum absolute atomic E-state index is 0.0789. The summed E-state index contributed by atoms with van der Waals surface area (Å²) >= 11 is 1.45. The van der Waals surface area contributed by atoms with Crippen LogP contribution in [0.4, 0.5) is 0 Å². The molecule has 7 nitrogen and oxygen atoms in total. The van der Waals surface area contributed by atoms with Gasteiger partial charge in [0.15, 0.2) is 5.69 Å². The first-order chi connectivity index (χ1) is 16.1. The Bertz CT molecular complexity index is 1130. The second kappa shape index (κ2) is 10.7. The fourth-order valence-electron chi connectivity index (χ4n) is 4.18. The van der Waals surface area contributed by atoms with Crippen molar-refractivity contribution in [2.45, 2.75) is 44.3 Å². The van der Waals surface area contributed by atoms with Gasteiger partial charge in [-0.25, -0.2) is 9.78 Å². The lowest BCUT2D eigenvalue weighted by Gasteiger charge is -2.28. The van der Waals surface area contributed by atoms with Gasteiger partial charge in [0.25, 0.3) is 5.91 Å². The van der Waals surface area contributed by atoms with Gasteiger partial charge in [0.2, 0.25) is 0 Å². The molecule has 1 aromatic carbocycles. The third-order valence-corrected chi connectivity index (χ3v) is 6.48. The van der Waals surface area contributed by atoms with Crippen LogP contribution < -0.4 is 0 Å². The highest BCUT2D eigenvalue weighted by Crippen LogP contribution is 2.27. The maximum atomic E-state index is 13.3. The molecule has 4 rings (SSSR count). The van der Waals surface area contributed by atoms with E-state index in [2.05, 4.69) is 22.2 Å². The number of benzene rings is 1. The third-order valence-electron chi connectivity index (χ3n) is 5.76. The van der Waals surface area contributed by atoms with E-state index < -0.39 is 5.97 Å². The molecule has 2 aromatic heterocycles. The molecule has 0 bridgehead atoms. The van der Waals surface area contributed by atoms with Gasteiger partial charge < -0.3 is 9.64 Å². The van der Waals surface area contributed by atoms with E-state index in [9.17, 15) is 9.59 Å². The maximum Gasteiger partial charge on any atom is 0.359 e. The molecular formula is C25H28N4O3S. The fraction of sp³-hybridized carbons (Fsp3) is 0.360. The monoisotopic (exact) mass is 464 g/mol.